The number of carboxylic acid groups (broad SMARTS) is 1. The smallest absolute Gasteiger partial charge is 0.328 e. The van der Waals surface area contributed by atoms with E-state index in [4.69, 9.17) is 10.8 Å². The number of rotatable bonds is 6. The minimum atomic E-state index is -0.930. The van der Waals surface area contributed by atoms with Gasteiger partial charge in [0.2, 0.25) is 0 Å². The summed E-state index contributed by atoms with van der Waals surface area (Å²) in [5.41, 5.74) is 5.61. The first-order valence-corrected chi connectivity index (χ1v) is 4.33. The molecule has 0 fully saturated rings. The Labute approximate surface area is 73.3 Å². The molecule has 0 rings (SSSR count). The maximum Gasteiger partial charge on any atom is 0.328 e. The van der Waals surface area contributed by atoms with Crippen LogP contribution in [0.3, 0.4) is 0 Å². The Hall–Kier alpha value is -0.830. The number of aliphatic carboxylic acids is 1. The average molecular weight is 171 g/mol. The van der Waals surface area contributed by atoms with E-state index in [1.165, 1.54) is 6.08 Å². The van der Waals surface area contributed by atoms with Crippen molar-refractivity contribution >= 4 is 5.97 Å². The van der Waals surface area contributed by atoms with Crippen LogP contribution in [0.2, 0.25) is 0 Å². The molecule has 1 unspecified atom stereocenters. The summed E-state index contributed by atoms with van der Waals surface area (Å²) in [7, 11) is 0. The lowest BCUT2D eigenvalue weighted by Gasteiger charge is -2.03. The summed E-state index contributed by atoms with van der Waals surface area (Å²) in [4.78, 5) is 10.1. The quantitative estimate of drug-likeness (QED) is 0.470. The van der Waals surface area contributed by atoms with Gasteiger partial charge < -0.3 is 10.8 Å². The van der Waals surface area contributed by atoms with Gasteiger partial charge in [-0.05, 0) is 6.42 Å². The highest BCUT2D eigenvalue weighted by molar-refractivity contribution is 5.79. The molecule has 70 valence electrons. The molecule has 3 nitrogen and oxygen atoms in total. The topological polar surface area (TPSA) is 63.3 Å². The molecule has 0 radical (unpaired) electrons. The second-order valence-corrected chi connectivity index (χ2v) is 2.86. The monoisotopic (exact) mass is 171 g/mol. The van der Waals surface area contributed by atoms with E-state index in [0.717, 1.165) is 31.8 Å². The van der Waals surface area contributed by atoms with Crippen LogP contribution in [0.1, 0.15) is 32.6 Å². The zero-order valence-corrected chi connectivity index (χ0v) is 7.49. The Bertz CT molecular complexity index is 155. The van der Waals surface area contributed by atoms with Gasteiger partial charge in [-0.15, -0.1) is 0 Å². The number of nitrogens with two attached hydrogens (primary N) is 1. The highest BCUT2D eigenvalue weighted by atomic mass is 16.4. The van der Waals surface area contributed by atoms with Crippen LogP contribution in [-0.2, 0) is 4.79 Å². The Kier molecular flexibility index (Phi) is 6.38. The summed E-state index contributed by atoms with van der Waals surface area (Å²) in [6.45, 7) is 2.12. The maximum absolute atomic E-state index is 10.1. The van der Waals surface area contributed by atoms with Gasteiger partial charge in [-0.1, -0.05) is 32.3 Å². The summed E-state index contributed by atoms with van der Waals surface area (Å²) < 4.78 is 0. The first kappa shape index (κ1) is 11.2. The summed E-state index contributed by atoms with van der Waals surface area (Å²) in [5, 5.41) is 8.29. The fourth-order valence-corrected chi connectivity index (χ4v) is 0.932. The van der Waals surface area contributed by atoms with Gasteiger partial charge in [-0.25, -0.2) is 4.79 Å². The van der Waals surface area contributed by atoms with Crippen molar-refractivity contribution in [3.05, 3.63) is 12.2 Å². The summed E-state index contributed by atoms with van der Waals surface area (Å²) in [6, 6.07) is -0.104. The fourth-order valence-electron chi connectivity index (χ4n) is 0.932. The molecule has 0 heterocycles. The Morgan fingerprint density at radius 2 is 2.25 bits per heavy atom. The highest BCUT2D eigenvalue weighted by Crippen LogP contribution is 2.02. The van der Waals surface area contributed by atoms with E-state index in [2.05, 4.69) is 6.92 Å². The zero-order chi connectivity index (χ0) is 9.40. The molecule has 0 spiro atoms. The minimum Gasteiger partial charge on any atom is -0.478 e. The third-order valence-corrected chi connectivity index (χ3v) is 1.63. The Balaban J connectivity index is 3.45. The van der Waals surface area contributed by atoms with Gasteiger partial charge in [0.05, 0.1) is 0 Å². The van der Waals surface area contributed by atoms with Crippen LogP contribution in [0.25, 0.3) is 0 Å². The molecule has 12 heavy (non-hydrogen) atoms. The van der Waals surface area contributed by atoms with Crippen molar-refractivity contribution in [1.82, 2.24) is 0 Å². The van der Waals surface area contributed by atoms with E-state index >= 15 is 0 Å². The molecule has 0 bridgehead atoms. The highest BCUT2D eigenvalue weighted by Gasteiger charge is 1.97. The van der Waals surface area contributed by atoms with Crippen LogP contribution in [0.4, 0.5) is 0 Å². The molecule has 0 aromatic carbocycles. The van der Waals surface area contributed by atoms with Crippen molar-refractivity contribution in [3.63, 3.8) is 0 Å². The summed E-state index contributed by atoms with van der Waals surface area (Å²) in [5.74, 6) is -0.930. The van der Waals surface area contributed by atoms with Gasteiger partial charge in [0, 0.05) is 12.1 Å². The molecule has 0 amide bonds. The van der Waals surface area contributed by atoms with Crippen LogP contribution >= 0.6 is 0 Å². The maximum atomic E-state index is 10.1. The van der Waals surface area contributed by atoms with E-state index in [9.17, 15) is 4.79 Å². The van der Waals surface area contributed by atoms with E-state index in [-0.39, 0.29) is 6.04 Å². The van der Waals surface area contributed by atoms with Crippen molar-refractivity contribution in [1.29, 1.82) is 0 Å². The largest absolute Gasteiger partial charge is 0.478 e. The van der Waals surface area contributed by atoms with E-state index in [1.54, 1.807) is 0 Å². The molecule has 0 saturated carbocycles. The van der Waals surface area contributed by atoms with E-state index in [0.29, 0.717) is 0 Å². The zero-order valence-electron chi connectivity index (χ0n) is 7.49. The van der Waals surface area contributed by atoms with E-state index in [1.807, 2.05) is 0 Å². The molecule has 3 heteroatoms. The third-order valence-electron chi connectivity index (χ3n) is 1.63. The SMILES string of the molecule is CCCCCC(N)C=CC(=O)O. The molecular weight excluding hydrogens is 154 g/mol. The molecule has 0 aromatic rings. The minimum absolute atomic E-state index is 0.104. The number of carbonyl (C=O) groups is 1. The lowest BCUT2D eigenvalue weighted by molar-refractivity contribution is -0.131. The predicted molar refractivity (Wildman–Crippen MR) is 48.9 cm³/mol. The first-order valence-electron chi connectivity index (χ1n) is 4.33. The molecule has 0 aliphatic carbocycles. The molecule has 0 saturated heterocycles. The molecule has 0 aliphatic heterocycles. The summed E-state index contributed by atoms with van der Waals surface area (Å²) in [6.07, 6.45) is 6.91. The first-order chi connectivity index (χ1) is 5.66. The average Bonchev–Trinajstić information content (AvgIpc) is 2.01. The van der Waals surface area contributed by atoms with E-state index < -0.39 is 5.97 Å². The second kappa shape index (κ2) is 6.85. The van der Waals surface area contributed by atoms with Crippen LogP contribution in [-0.4, -0.2) is 17.1 Å². The molecule has 1 atom stereocenters. The molecular formula is C9H17NO2. The van der Waals surface area contributed by atoms with Gasteiger partial charge in [0.1, 0.15) is 0 Å². The predicted octanol–water partition coefficient (Wildman–Crippen LogP) is 1.53. The number of carboxylic acids is 1. The van der Waals surface area contributed by atoms with Crippen LogP contribution in [0.15, 0.2) is 12.2 Å². The van der Waals surface area contributed by atoms with Gasteiger partial charge in [0.25, 0.3) is 0 Å². The van der Waals surface area contributed by atoms with Crippen molar-refractivity contribution in [3.8, 4) is 0 Å². The Morgan fingerprint density at radius 1 is 1.58 bits per heavy atom. The lowest BCUT2D eigenvalue weighted by Crippen LogP contribution is -2.16. The molecule has 0 aliphatic rings. The van der Waals surface area contributed by atoms with Gasteiger partial charge >= 0.3 is 5.97 Å². The van der Waals surface area contributed by atoms with Crippen LogP contribution < -0.4 is 5.73 Å². The second-order valence-electron chi connectivity index (χ2n) is 2.86. The third kappa shape index (κ3) is 7.28. The lowest BCUT2D eigenvalue weighted by atomic mass is 10.1. The van der Waals surface area contributed by atoms with Crippen molar-refractivity contribution in [2.45, 2.75) is 38.6 Å². The fraction of sp³-hybridized carbons (Fsp3) is 0.667. The standard InChI is InChI=1S/C9H17NO2/c1-2-3-4-5-8(10)6-7-9(11)12/h6-8H,2-5,10H2,1H3,(H,11,12). The Morgan fingerprint density at radius 3 is 2.75 bits per heavy atom. The number of hydrogen-bond acceptors (Lipinski definition) is 2. The van der Waals surface area contributed by atoms with Crippen LogP contribution in [0, 0.1) is 0 Å². The van der Waals surface area contributed by atoms with Crippen LogP contribution in [0.5, 0.6) is 0 Å². The number of hydrogen-bond donors (Lipinski definition) is 2. The van der Waals surface area contributed by atoms with Crippen molar-refractivity contribution in [2.24, 2.45) is 5.73 Å². The van der Waals surface area contributed by atoms with Gasteiger partial charge in [0.15, 0.2) is 0 Å². The van der Waals surface area contributed by atoms with Crippen molar-refractivity contribution in [2.75, 3.05) is 0 Å². The molecule has 0 aromatic heterocycles. The number of unbranched alkanes of at least 4 members (excludes halogenated alkanes) is 2. The summed E-state index contributed by atoms with van der Waals surface area (Å²) >= 11 is 0. The van der Waals surface area contributed by atoms with Crippen molar-refractivity contribution < 1.29 is 9.90 Å². The van der Waals surface area contributed by atoms with Gasteiger partial charge in [-0.3, -0.25) is 0 Å². The normalized spacial score (nSPS) is 13.5. The van der Waals surface area contributed by atoms with Gasteiger partial charge in [-0.2, -0.15) is 0 Å². The molecule has 3 N–H and O–H groups in total.